The standard InChI is InChI=1S/C14H13NO4/c1-3-8-15-14(18)11-4-6-12(7-5-11)19-13(17)9-10(2)16/h1,4-7H,8-9H2,2H3,(H,15,18). The Labute approximate surface area is 110 Å². The topological polar surface area (TPSA) is 72.5 Å². The zero-order valence-electron chi connectivity index (χ0n) is 10.4. The van der Waals surface area contributed by atoms with Crippen molar-refractivity contribution in [3.05, 3.63) is 29.8 Å². The number of nitrogens with one attached hydrogen (secondary N) is 1. The first-order chi connectivity index (χ1) is 9.02. The number of hydrogen-bond donors (Lipinski definition) is 1. The average molecular weight is 259 g/mol. The van der Waals surface area contributed by atoms with Gasteiger partial charge in [0.05, 0.1) is 6.54 Å². The summed E-state index contributed by atoms with van der Waals surface area (Å²) in [7, 11) is 0. The van der Waals surface area contributed by atoms with Gasteiger partial charge in [0.15, 0.2) is 0 Å². The Morgan fingerprint density at radius 2 is 1.89 bits per heavy atom. The van der Waals surface area contributed by atoms with Gasteiger partial charge in [-0.2, -0.15) is 0 Å². The van der Waals surface area contributed by atoms with Crippen LogP contribution in [0, 0.1) is 12.3 Å². The number of carbonyl (C=O) groups is 3. The third-order valence-electron chi connectivity index (χ3n) is 2.09. The van der Waals surface area contributed by atoms with Gasteiger partial charge in [0.25, 0.3) is 5.91 Å². The van der Waals surface area contributed by atoms with Crippen molar-refractivity contribution in [3.8, 4) is 18.1 Å². The molecule has 5 heteroatoms. The number of benzene rings is 1. The summed E-state index contributed by atoms with van der Waals surface area (Å²) < 4.78 is 4.92. The molecule has 0 saturated heterocycles. The van der Waals surface area contributed by atoms with Crippen LogP contribution < -0.4 is 10.1 Å². The van der Waals surface area contributed by atoms with Crippen molar-refractivity contribution in [2.75, 3.05) is 6.54 Å². The quantitative estimate of drug-likeness (QED) is 0.369. The molecule has 1 rings (SSSR count). The number of ketones is 1. The van der Waals surface area contributed by atoms with Crippen LogP contribution in [0.15, 0.2) is 24.3 Å². The van der Waals surface area contributed by atoms with Gasteiger partial charge in [0, 0.05) is 5.56 Å². The zero-order valence-corrected chi connectivity index (χ0v) is 10.4. The van der Waals surface area contributed by atoms with Crippen molar-refractivity contribution in [2.45, 2.75) is 13.3 Å². The summed E-state index contributed by atoms with van der Waals surface area (Å²) in [4.78, 5) is 33.5. The number of rotatable bonds is 5. The van der Waals surface area contributed by atoms with E-state index in [1.165, 1.54) is 31.2 Å². The summed E-state index contributed by atoms with van der Waals surface area (Å²) >= 11 is 0. The fraction of sp³-hybridized carbons (Fsp3) is 0.214. The number of esters is 1. The smallest absolute Gasteiger partial charge is 0.318 e. The first-order valence-corrected chi connectivity index (χ1v) is 5.54. The summed E-state index contributed by atoms with van der Waals surface area (Å²) in [5.74, 6) is 1.37. The highest BCUT2D eigenvalue weighted by Gasteiger charge is 2.09. The molecule has 0 atom stereocenters. The number of hydrogen-bond acceptors (Lipinski definition) is 4. The van der Waals surface area contributed by atoms with Gasteiger partial charge in [0.1, 0.15) is 18.0 Å². The summed E-state index contributed by atoms with van der Waals surface area (Å²) in [6.45, 7) is 1.45. The van der Waals surface area contributed by atoms with Gasteiger partial charge in [-0.3, -0.25) is 14.4 Å². The molecule has 0 aliphatic rings. The molecule has 0 unspecified atom stereocenters. The lowest BCUT2D eigenvalue weighted by atomic mass is 10.2. The normalized spacial score (nSPS) is 9.26. The Morgan fingerprint density at radius 1 is 1.26 bits per heavy atom. The van der Waals surface area contributed by atoms with Gasteiger partial charge in [-0.15, -0.1) is 6.42 Å². The van der Waals surface area contributed by atoms with Crippen LogP contribution in [-0.4, -0.2) is 24.2 Å². The average Bonchev–Trinajstić information content (AvgIpc) is 2.35. The molecule has 5 nitrogen and oxygen atoms in total. The summed E-state index contributed by atoms with van der Waals surface area (Å²) in [6.07, 6.45) is 4.75. The molecule has 0 fully saturated rings. The van der Waals surface area contributed by atoms with E-state index in [2.05, 4.69) is 11.2 Å². The molecule has 1 aromatic carbocycles. The van der Waals surface area contributed by atoms with E-state index < -0.39 is 5.97 Å². The molecular weight excluding hydrogens is 246 g/mol. The monoisotopic (exact) mass is 259 g/mol. The number of amides is 1. The van der Waals surface area contributed by atoms with Gasteiger partial charge in [-0.05, 0) is 31.2 Å². The zero-order chi connectivity index (χ0) is 14.3. The first kappa shape index (κ1) is 14.5. The number of terminal acetylenes is 1. The Hall–Kier alpha value is -2.61. The molecule has 0 spiro atoms. The van der Waals surface area contributed by atoms with E-state index in [1.807, 2.05) is 0 Å². The molecule has 0 heterocycles. The third-order valence-corrected chi connectivity index (χ3v) is 2.09. The SMILES string of the molecule is C#CCNC(=O)c1ccc(OC(=O)CC(C)=O)cc1. The summed E-state index contributed by atoms with van der Waals surface area (Å²) in [6, 6.07) is 5.95. The molecule has 19 heavy (non-hydrogen) atoms. The molecular formula is C14H13NO4. The molecule has 1 N–H and O–H groups in total. The predicted octanol–water partition coefficient (Wildman–Crippen LogP) is 0.934. The van der Waals surface area contributed by atoms with Crippen LogP contribution in [0.2, 0.25) is 0 Å². The molecule has 1 aromatic rings. The minimum atomic E-state index is -0.628. The molecule has 0 radical (unpaired) electrons. The van der Waals surface area contributed by atoms with Crippen molar-refractivity contribution in [2.24, 2.45) is 0 Å². The van der Waals surface area contributed by atoms with Gasteiger partial charge in [-0.25, -0.2) is 0 Å². The largest absolute Gasteiger partial charge is 0.426 e. The lowest BCUT2D eigenvalue weighted by molar-refractivity contribution is -0.137. The van der Waals surface area contributed by atoms with Crippen LogP contribution in [0.4, 0.5) is 0 Å². The highest BCUT2D eigenvalue weighted by Crippen LogP contribution is 2.13. The van der Waals surface area contributed by atoms with Crippen LogP contribution in [0.5, 0.6) is 5.75 Å². The van der Waals surface area contributed by atoms with E-state index in [1.54, 1.807) is 0 Å². The third kappa shape index (κ3) is 5.04. The van der Waals surface area contributed by atoms with Gasteiger partial charge in [-0.1, -0.05) is 5.92 Å². The molecule has 1 amide bonds. The fourth-order valence-electron chi connectivity index (χ4n) is 1.28. The van der Waals surface area contributed by atoms with Crippen molar-refractivity contribution in [1.29, 1.82) is 0 Å². The van der Waals surface area contributed by atoms with Crippen LogP contribution >= 0.6 is 0 Å². The van der Waals surface area contributed by atoms with Crippen molar-refractivity contribution in [1.82, 2.24) is 5.32 Å². The van der Waals surface area contributed by atoms with Gasteiger partial charge < -0.3 is 10.1 Å². The number of carbonyl (C=O) groups excluding carboxylic acids is 3. The van der Waals surface area contributed by atoms with Crippen molar-refractivity contribution >= 4 is 17.7 Å². The lowest BCUT2D eigenvalue weighted by Gasteiger charge is -2.05. The van der Waals surface area contributed by atoms with Crippen LogP contribution in [-0.2, 0) is 9.59 Å². The molecule has 0 aliphatic carbocycles. The lowest BCUT2D eigenvalue weighted by Crippen LogP contribution is -2.23. The Kier molecular flexibility index (Phi) is 5.30. The second kappa shape index (κ2) is 6.97. The van der Waals surface area contributed by atoms with Crippen LogP contribution in [0.3, 0.4) is 0 Å². The minimum absolute atomic E-state index is 0.147. The number of ether oxygens (including phenoxy) is 1. The molecule has 0 saturated carbocycles. The van der Waals surface area contributed by atoms with Crippen LogP contribution in [0.25, 0.3) is 0 Å². The molecule has 0 bridgehead atoms. The first-order valence-electron chi connectivity index (χ1n) is 5.54. The predicted molar refractivity (Wildman–Crippen MR) is 68.5 cm³/mol. The molecule has 0 aromatic heterocycles. The molecule has 98 valence electrons. The summed E-state index contributed by atoms with van der Waals surface area (Å²) in [5, 5.41) is 2.51. The van der Waals surface area contributed by atoms with Gasteiger partial charge >= 0.3 is 5.97 Å². The second-order valence-corrected chi connectivity index (χ2v) is 3.76. The maximum absolute atomic E-state index is 11.5. The maximum atomic E-state index is 11.5. The number of Topliss-reactive ketones (excluding diaryl/α,β-unsaturated/α-hetero) is 1. The van der Waals surface area contributed by atoms with E-state index >= 15 is 0 Å². The Balaban J connectivity index is 2.61. The van der Waals surface area contributed by atoms with E-state index in [0.717, 1.165) is 0 Å². The van der Waals surface area contributed by atoms with E-state index in [-0.39, 0.29) is 30.4 Å². The van der Waals surface area contributed by atoms with E-state index in [9.17, 15) is 14.4 Å². The highest BCUT2D eigenvalue weighted by atomic mass is 16.5. The van der Waals surface area contributed by atoms with E-state index in [0.29, 0.717) is 5.56 Å². The molecule has 0 aliphatic heterocycles. The summed E-state index contributed by atoms with van der Waals surface area (Å²) in [5.41, 5.74) is 0.404. The second-order valence-electron chi connectivity index (χ2n) is 3.76. The van der Waals surface area contributed by atoms with Crippen LogP contribution in [0.1, 0.15) is 23.7 Å². The van der Waals surface area contributed by atoms with Crippen molar-refractivity contribution < 1.29 is 19.1 Å². The van der Waals surface area contributed by atoms with E-state index in [4.69, 9.17) is 11.2 Å². The fourth-order valence-corrected chi connectivity index (χ4v) is 1.28. The minimum Gasteiger partial charge on any atom is -0.426 e. The van der Waals surface area contributed by atoms with Crippen molar-refractivity contribution in [3.63, 3.8) is 0 Å². The van der Waals surface area contributed by atoms with Gasteiger partial charge in [0.2, 0.25) is 0 Å². The maximum Gasteiger partial charge on any atom is 0.318 e. The Bertz CT molecular complexity index is 525. The highest BCUT2D eigenvalue weighted by molar-refractivity contribution is 5.95. The Morgan fingerprint density at radius 3 is 2.42 bits per heavy atom.